The Kier molecular flexibility index (Phi) is 8.47. The van der Waals surface area contributed by atoms with E-state index in [0.29, 0.717) is 0 Å². The Morgan fingerprint density at radius 3 is 1.00 bits per heavy atom. The van der Waals surface area contributed by atoms with E-state index in [9.17, 15) is 0 Å². The van der Waals surface area contributed by atoms with Crippen LogP contribution < -0.4 is 4.90 Å². The average molecular weight is 788 g/mol. The fraction of sp³-hybridized carbons (Fsp3) is 0.0164. The zero-order chi connectivity index (χ0) is 41.0. The van der Waals surface area contributed by atoms with Crippen LogP contribution in [0.1, 0.15) is 22.3 Å². The molecule has 0 bridgehead atoms. The summed E-state index contributed by atoms with van der Waals surface area (Å²) in [5.74, 6) is 0. The fourth-order valence-electron chi connectivity index (χ4n) is 10.4. The molecular weight excluding hydrogens is 747 g/mol. The summed E-state index contributed by atoms with van der Waals surface area (Å²) < 4.78 is 0. The first kappa shape index (κ1) is 35.9. The van der Waals surface area contributed by atoms with Crippen LogP contribution in [-0.2, 0) is 5.41 Å². The minimum Gasteiger partial charge on any atom is -0.311 e. The highest BCUT2D eigenvalue weighted by Crippen LogP contribution is 2.62. The van der Waals surface area contributed by atoms with Crippen molar-refractivity contribution < 1.29 is 0 Å². The summed E-state index contributed by atoms with van der Waals surface area (Å²) in [6, 6.07) is 91.5. The molecule has 12 rings (SSSR count). The standard InChI is InChI=1S/C61H41N/c1-3-16-42(17-4-1)44-30-36-47(37-31-44)62(48-38-32-45(33-39-48)43-18-5-2-6-19-43)49-40-34-46(35-41-49)50-25-15-29-59-60(50)55-24-11-14-28-58(55)61(59)56-26-12-9-22-53(56)51-20-7-8-21-52(51)54-23-10-13-27-57(54)61/h1-41H. The van der Waals surface area contributed by atoms with Gasteiger partial charge in [0.1, 0.15) is 0 Å². The molecule has 1 nitrogen and oxygen atoms in total. The Morgan fingerprint density at radius 1 is 0.210 bits per heavy atom. The van der Waals surface area contributed by atoms with Crippen LogP contribution in [0.25, 0.3) is 66.8 Å². The number of nitrogens with zero attached hydrogens (tertiary/aromatic N) is 1. The van der Waals surface area contributed by atoms with Crippen LogP contribution in [0.5, 0.6) is 0 Å². The quantitative estimate of drug-likeness (QED) is 0.162. The van der Waals surface area contributed by atoms with E-state index >= 15 is 0 Å². The maximum Gasteiger partial charge on any atom is 0.0725 e. The summed E-state index contributed by atoms with van der Waals surface area (Å²) in [6.45, 7) is 0. The highest BCUT2D eigenvalue weighted by atomic mass is 15.1. The van der Waals surface area contributed by atoms with Gasteiger partial charge in [0.15, 0.2) is 0 Å². The predicted molar refractivity (Wildman–Crippen MR) is 259 cm³/mol. The topological polar surface area (TPSA) is 3.24 Å². The van der Waals surface area contributed by atoms with E-state index in [1.54, 1.807) is 0 Å². The molecule has 0 aromatic heterocycles. The van der Waals surface area contributed by atoms with E-state index in [-0.39, 0.29) is 0 Å². The van der Waals surface area contributed by atoms with E-state index in [1.807, 2.05) is 0 Å². The predicted octanol–water partition coefficient (Wildman–Crippen LogP) is 16.2. The monoisotopic (exact) mass is 787 g/mol. The number of hydrogen-bond donors (Lipinski definition) is 0. The third kappa shape index (κ3) is 5.56. The Bertz CT molecular complexity index is 3100. The molecule has 0 radical (unpaired) electrons. The van der Waals surface area contributed by atoms with Crippen LogP contribution in [0, 0.1) is 0 Å². The van der Waals surface area contributed by atoms with Gasteiger partial charge in [0, 0.05) is 17.1 Å². The third-order valence-electron chi connectivity index (χ3n) is 13.1. The highest BCUT2D eigenvalue weighted by molar-refractivity contribution is 6.01. The zero-order valence-corrected chi connectivity index (χ0v) is 34.1. The van der Waals surface area contributed by atoms with E-state index in [0.717, 1.165) is 17.1 Å². The van der Waals surface area contributed by atoms with Crippen molar-refractivity contribution in [2.24, 2.45) is 0 Å². The summed E-state index contributed by atoms with van der Waals surface area (Å²) in [5.41, 5.74) is 23.0. The fourth-order valence-corrected chi connectivity index (χ4v) is 10.4. The molecule has 0 fully saturated rings. The molecule has 62 heavy (non-hydrogen) atoms. The van der Waals surface area contributed by atoms with Crippen LogP contribution in [0.2, 0.25) is 0 Å². The Hall–Kier alpha value is -8.00. The van der Waals surface area contributed by atoms with Gasteiger partial charge in [-0.15, -0.1) is 0 Å². The van der Waals surface area contributed by atoms with Gasteiger partial charge in [-0.1, -0.05) is 212 Å². The maximum absolute atomic E-state index is 2.39. The summed E-state index contributed by atoms with van der Waals surface area (Å²) >= 11 is 0. The van der Waals surface area contributed by atoms with Crippen molar-refractivity contribution in [2.45, 2.75) is 5.41 Å². The molecule has 0 N–H and O–H groups in total. The lowest BCUT2D eigenvalue weighted by atomic mass is 9.66. The molecule has 0 aliphatic heterocycles. The largest absolute Gasteiger partial charge is 0.311 e. The van der Waals surface area contributed by atoms with Crippen molar-refractivity contribution in [3.8, 4) is 66.8 Å². The summed E-state index contributed by atoms with van der Waals surface area (Å²) in [4.78, 5) is 2.37. The normalized spacial score (nSPS) is 12.6. The molecule has 2 aliphatic carbocycles. The molecule has 0 unspecified atom stereocenters. The van der Waals surface area contributed by atoms with Crippen molar-refractivity contribution in [2.75, 3.05) is 4.90 Å². The van der Waals surface area contributed by atoms with Crippen LogP contribution in [0.3, 0.4) is 0 Å². The first-order valence-electron chi connectivity index (χ1n) is 21.5. The Labute approximate surface area is 363 Å². The van der Waals surface area contributed by atoms with Crippen molar-refractivity contribution in [3.63, 3.8) is 0 Å². The van der Waals surface area contributed by atoms with Crippen LogP contribution in [0.4, 0.5) is 17.1 Å². The SMILES string of the molecule is c1ccc(-c2ccc(N(c3ccc(-c4ccccc4)cc3)c3ccc(-c4cccc5c4-c4ccccc4C54c5ccccc5-c5ccccc5-c5ccccc54)cc3)cc2)cc1. The number of hydrogen-bond acceptors (Lipinski definition) is 1. The lowest BCUT2D eigenvalue weighted by Crippen LogP contribution is -2.29. The second kappa shape index (κ2) is 14.6. The average Bonchev–Trinajstić information content (AvgIpc) is 3.60. The smallest absolute Gasteiger partial charge is 0.0725 e. The number of fused-ring (bicyclic) bond motifs is 12. The lowest BCUT2D eigenvalue weighted by molar-refractivity contribution is 0.775. The van der Waals surface area contributed by atoms with E-state index in [1.165, 1.54) is 89.0 Å². The van der Waals surface area contributed by atoms with Crippen molar-refractivity contribution >= 4 is 17.1 Å². The molecule has 290 valence electrons. The van der Waals surface area contributed by atoms with Gasteiger partial charge >= 0.3 is 0 Å². The van der Waals surface area contributed by atoms with Gasteiger partial charge in [-0.2, -0.15) is 0 Å². The van der Waals surface area contributed by atoms with Crippen molar-refractivity contribution in [1.82, 2.24) is 0 Å². The van der Waals surface area contributed by atoms with E-state index < -0.39 is 5.41 Å². The summed E-state index contributed by atoms with van der Waals surface area (Å²) in [7, 11) is 0. The van der Waals surface area contributed by atoms with Gasteiger partial charge in [-0.05, 0) is 125 Å². The van der Waals surface area contributed by atoms with Gasteiger partial charge in [0.2, 0.25) is 0 Å². The zero-order valence-electron chi connectivity index (χ0n) is 34.1. The van der Waals surface area contributed by atoms with Crippen molar-refractivity contribution in [3.05, 3.63) is 271 Å². The minimum atomic E-state index is -0.511. The number of benzene rings is 10. The molecule has 10 aromatic carbocycles. The van der Waals surface area contributed by atoms with E-state index in [4.69, 9.17) is 0 Å². The minimum absolute atomic E-state index is 0.511. The Morgan fingerprint density at radius 2 is 0.532 bits per heavy atom. The van der Waals surface area contributed by atoms with Crippen LogP contribution in [-0.4, -0.2) is 0 Å². The van der Waals surface area contributed by atoms with Gasteiger partial charge < -0.3 is 4.90 Å². The molecule has 0 amide bonds. The second-order valence-corrected chi connectivity index (χ2v) is 16.4. The molecule has 1 spiro atoms. The van der Waals surface area contributed by atoms with Gasteiger partial charge in [-0.3, -0.25) is 0 Å². The maximum atomic E-state index is 2.39. The highest BCUT2D eigenvalue weighted by Gasteiger charge is 2.50. The molecule has 0 saturated carbocycles. The van der Waals surface area contributed by atoms with Gasteiger partial charge in [0.25, 0.3) is 0 Å². The van der Waals surface area contributed by atoms with Crippen molar-refractivity contribution in [1.29, 1.82) is 0 Å². The molecular formula is C61H41N. The Balaban J connectivity index is 1.01. The molecule has 0 heterocycles. The second-order valence-electron chi connectivity index (χ2n) is 16.4. The first-order chi connectivity index (χ1) is 30.8. The summed E-state index contributed by atoms with van der Waals surface area (Å²) in [5, 5.41) is 0. The molecule has 1 heteroatoms. The first-order valence-corrected chi connectivity index (χ1v) is 21.5. The third-order valence-corrected chi connectivity index (χ3v) is 13.1. The summed E-state index contributed by atoms with van der Waals surface area (Å²) in [6.07, 6.45) is 0. The molecule has 10 aromatic rings. The molecule has 0 atom stereocenters. The van der Waals surface area contributed by atoms with Crippen LogP contribution in [0.15, 0.2) is 249 Å². The molecule has 0 saturated heterocycles. The lowest BCUT2D eigenvalue weighted by Gasteiger charge is -2.35. The molecule has 2 aliphatic rings. The number of anilines is 3. The van der Waals surface area contributed by atoms with Gasteiger partial charge in [-0.25, -0.2) is 0 Å². The van der Waals surface area contributed by atoms with Crippen LogP contribution >= 0.6 is 0 Å². The van der Waals surface area contributed by atoms with Gasteiger partial charge in [0.05, 0.1) is 5.41 Å². The van der Waals surface area contributed by atoms with E-state index in [2.05, 4.69) is 254 Å². The number of rotatable bonds is 6.